The molecule has 5 rings (SSSR count). The average molecular weight is 939 g/mol. The van der Waals surface area contributed by atoms with Crippen LogP contribution in [0.25, 0.3) is 12.2 Å². The molecule has 1 fully saturated rings. The van der Waals surface area contributed by atoms with Crippen LogP contribution in [-0.2, 0) is 49.0 Å². The lowest BCUT2D eigenvalue weighted by atomic mass is 10.1. The quantitative estimate of drug-likeness (QED) is 0.0361. The summed E-state index contributed by atoms with van der Waals surface area (Å²) in [6, 6.07) is 13.7. The Kier molecular flexibility index (Phi) is 14.3. The van der Waals surface area contributed by atoms with E-state index in [1.165, 1.54) is 78.5 Å². The van der Waals surface area contributed by atoms with Gasteiger partial charge < -0.3 is 15.4 Å². The third kappa shape index (κ3) is 11.3. The number of nitro benzene ring substituents is 1. The largest absolute Gasteiger partial charge is 0.379 e. The van der Waals surface area contributed by atoms with E-state index in [0.717, 1.165) is 42.7 Å². The van der Waals surface area contributed by atoms with Gasteiger partial charge in [0.1, 0.15) is 14.7 Å². The average Bonchev–Trinajstić information content (AvgIpc) is 3.19. The number of nitrogens with one attached hydrogen (secondary N) is 2. The summed E-state index contributed by atoms with van der Waals surface area (Å²) in [6.07, 6.45) is 3.93. The molecule has 0 spiro atoms. The van der Waals surface area contributed by atoms with Crippen LogP contribution < -0.4 is 10.6 Å². The Hall–Kier alpha value is -5.05. The molecule has 4 aromatic carbocycles. The molecule has 24 heteroatoms. The number of amides is 2. The van der Waals surface area contributed by atoms with Crippen LogP contribution in [0.4, 0.5) is 17.1 Å². The number of morpholine rings is 1. The second-order valence-electron chi connectivity index (χ2n) is 13.4. The molecule has 0 aliphatic carbocycles. The molecule has 3 N–H and O–H groups in total. The second-order valence-corrected chi connectivity index (χ2v) is 21.1. The van der Waals surface area contributed by atoms with Crippen LogP contribution in [0.5, 0.6) is 0 Å². The molecule has 4 aromatic rings. The van der Waals surface area contributed by atoms with E-state index < -0.39 is 83.3 Å². The summed E-state index contributed by atoms with van der Waals surface area (Å²) in [5.41, 5.74) is -1.71. The maximum Gasteiger partial charge on any atom is 0.297 e. The van der Waals surface area contributed by atoms with E-state index in [-0.39, 0.29) is 64.8 Å². The number of nitrogens with zero attached hydrogens (tertiary/aromatic N) is 2. The number of sulfonamides is 1. The molecule has 0 atom stereocenters. The van der Waals surface area contributed by atoms with Gasteiger partial charge in [0.05, 0.1) is 29.1 Å². The molecule has 1 aliphatic rings. The van der Waals surface area contributed by atoms with Crippen LogP contribution in [0.3, 0.4) is 0 Å². The van der Waals surface area contributed by atoms with Crippen LogP contribution in [0.2, 0.25) is 0 Å². The van der Waals surface area contributed by atoms with Gasteiger partial charge in [-0.3, -0.25) is 28.4 Å². The fraction of sp³-hybridized carbons (Fsp3) is 0.243. The molecule has 0 radical (unpaired) electrons. The highest BCUT2D eigenvalue weighted by Crippen LogP contribution is 2.32. The van der Waals surface area contributed by atoms with Crippen molar-refractivity contribution in [2.45, 2.75) is 44.4 Å². The van der Waals surface area contributed by atoms with E-state index in [9.17, 15) is 57.9 Å². The van der Waals surface area contributed by atoms with E-state index in [2.05, 4.69) is 10.6 Å². The number of rotatable bonds is 15. The number of carbonyl (C=O) groups excluding carboxylic acids is 2. The van der Waals surface area contributed by atoms with E-state index >= 15 is 0 Å². The minimum Gasteiger partial charge on any atom is -0.379 e. The van der Waals surface area contributed by atoms with Gasteiger partial charge in [0, 0.05) is 52.8 Å². The number of sulfone groups is 1. The van der Waals surface area contributed by atoms with E-state index in [0.29, 0.717) is 4.90 Å². The van der Waals surface area contributed by atoms with Crippen molar-refractivity contribution < 1.29 is 61.7 Å². The lowest BCUT2D eigenvalue weighted by Gasteiger charge is -2.27. The Morgan fingerprint density at radius 2 is 1.31 bits per heavy atom. The lowest BCUT2D eigenvalue weighted by Crippen LogP contribution is -2.40. The first kappa shape index (κ1) is 47.0. The number of anilines is 2. The fourth-order valence-electron chi connectivity index (χ4n) is 5.89. The number of carbonyl (C=O) groups is 2. The molecular weight excluding hydrogens is 901 g/mol. The number of hydrogen-bond acceptors (Lipinski definition) is 15. The Bertz CT molecular complexity index is 2890. The van der Waals surface area contributed by atoms with E-state index in [1.807, 2.05) is 0 Å². The number of thioether (sulfide) groups is 1. The zero-order valence-electron chi connectivity index (χ0n) is 32.6. The number of hydrogen-bond donors (Lipinski definition) is 3. The molecule has 0 unspecified atom stereocenters. The SMILES string of the molecule is CSc1ccc(C(=O)Nc2ccc(/C=C/c3ccc(NC(=O)c4ccc(S(C)(=O)=O)c([N+](=O)[O-])c4)cc3S(=O)(=O)OC(C)C)c(S(=O)(=O)O)c2)cc1S(=O)(=O)N1CCOCC1. The summed E-state index contributed by atoms with van der Waals surface area (Å²) in [5, 5.41) is 16.5. The first-order valence-corrected chi connectivity index (χ1v) is 25.1. The smallest absolute Gasteiger partial charge is 0.297 e. The van der Waals surface area contributed by atoms with Gasteiger partial charge in [-0.1, -0.05) is 24.3 Å². The summed E-state index contributed by atoms with van der Waals surface area (Å²) in [5.74, 6) is -1.76. The van der Waals surface area contributed by atoms with Crippen molar-refractivity contribution in [3.05, 3.63) is 105 Å². The molecule has 2 amide bonds. The Morgan fingerprint density at radius 3 is 1.82 bits per heavy atom. The van der Waals surface area contributed by atoms with Crippen LogP contribution in [-0.4, -0.2) is 104 Å². The van der Waals surface area contributed by atoms with Crippen molar-refractivity contribution >= 4 is 92.9 Å². The Balaban J connectivity index is 1.46. The predicted molar refractivity (Wildman–Crippen MR) is 225 cm³/mol. The summed E-state index contributed by atoms with van der Waals surface area (Å²) < 4.78 is 125. The van der Waals surface area contributed by atoms with Gasteiger partial charge in [0.2, 0.25) is 10.0 Å². The van der Waals surface area contributed by atoms with Crippen molar-refractivity contribution in [2.24, 2.45) is 0 Å². The molecule has 19 nitrogen and oxygen atoms in total. The normalized spacial score (nSPS) is 14.3. The maximum atomic E-state index is 13.5. The number of nitro groups is 1. The topological polar surface area (TPSA) is 280 Å². The van der Waals surface area contributed by atoms with Gasteiger partial charge in [-0.05, 0) is 85.8 Å². The zero-order valence-corrected chi connectivity index (χ0v) is 36.7. The monoisotopic (exact) mass is 938 g/mol. The highest BCUT2D eigenvalue weighted by molar-refractivity contribution is 7.99. The molecule has 0 aromatic heterocycles. The van der Waals surface area contributed by atoms with Gasteiger partial charge in [-0.15, -0.1) is 11.8 Å². The summed E-state index contributed by atoms with van der Waals surface area (Å²) in [7, 11) is -17.6. The van der Waals surface area contributed by atoms with Gasteiger partial charge >= 0.3 is 0 Å². The molecule has 1 saturated heterocycles. The van der Waals surface area contributed by atoms with Crippen molar-refractivity contribution in [1.82, 2.24) is 4.31 Å². The van der Waals surface area contributed by atoms with Gasteiger partial charge in [0.15, 0.2) is 9.84 Å². The highest BCUT2D eigenvalue weighted by Gasteiger charge is 2.30. The minimum absolute atomic E-state index is 0.0647. The summed E-state index contributed by atoms with van der Waals surface area (Å²) in [4.78, 5) is 35.6. The van der Waals surface area contributed by atoms with E-state index in [4.69, 9.17) is 8.92 Å². The van der Waals surface area contributed by atoms with Gasteiger partial charge in [-0.25, -0.2) is 16.8 Å². The number of benzene rings is 4. The maximum absolute atomic E-state index is 13.5. The first-order valence-electron chi connectivity index (χ1n) is 17.7. The standard InChI is InChI=1S/C37H38N4O15S5/c1-23(2)56-61(53,54)34-22-29(39-36(42)26-10-14-32(58(4,46)47)30(19-26)41(44)45)12-8-25(34)6-5-24-7-11-28(21-33(24)60(50,51)52)38-37(43)27-9-13-31(57-3)35(20-27)59(48,49)40-15-17-55-18-16-40/h5-14,19-23H,15-18H2,1-4H3,(H,38,43)(H,39,42)(H,50,51,52)/b6-5+. The van der Waals surface area contributed by atoms with E-state index in [1.54, 1.807) is 6.26 Å². The highest BCUT2D eigenvalue weighted by atomic mass is 32.2. The van der Waals surface area contributed by atoms with Crippen molar-refractivity contribution in [3.8, 4) is 0 Å². The van der Waals surface area contributed by atoms with Crippen LogP contribution in [0.1, 0.15) is 45.7 Å². The molecule has 1 aliphatic heterocycles. The molecule has 1 heterocycles. The molecule has 61 heavy (non-hydrogen) atoms. The Labute approximate surface area is 356 Å². The summed E-state index contributed by atoms with van der Waals surface area (Å²) in [6.45, 7) is 3.55. The van der Waals surface area contributed by atoms with Crippen molar-refractivity contribution in [2.75, 3.05) is 49.4 Å². The lowest BCUT2D eigenvalue weighted by molar-refractivity contribution is -0.387. The molecule has 0 saturated carbocycles. The summed E-state index contributed by atoms with van der Waals surface area (Å²) >= 11 is 1.17. The number of ether oxygens (including phenoxy) is 1. The first-order chi connectivity index (χ1) is 28.4. The Morgan fingerprint density at radius 1 is 0.787 bits per heavy atom. The predicted octanol–water partition coefficient (Wildman–Crippen LogP) is 4.78. The van der Waals surface area contributed by atoms with Crippen molar-refractivity contribution in [3.63, 3.8) is 0 Å². The second kappa shape index (κ2) is 18.5. The third-order valence-corrected chi connectivity index (χ3v) is 15.1. The van der Waals surface area contributed by atoms with Gasteiger partial charge in [-0.2, -0.15) is 21.1 Å². The molecular formula is C37H38N4O15S5. The molecule has 326 valence electrons. The minimum atomic E-state index is -5.00. The van der Waals surface area contributed by atoms with Gasteiger partial charge in [0.25, 0.3) is 37.7 Å². The van der Waals surface area contributed by atoms with Crippen LogP contribution >= 0.6 is 11.8 Å². The zero-order chi connectivity index (χ0) is 45.1. The van der Waals surface area contributed by atoms with Crippen molar-refractivity contribution in [1.29, 1.82) is 0 Å². The molecule has 0 bridgehead atoms. The third-order valence-electron chi connectivity index (χ3n) is 8.68. The fourth-order valence-corrected chi connectivity index (χ4v) is 11.3. The van der Waals surface area contributed by atoms with Crippen LogP contribution in [0.15, 0.2) is 97.3 Å². The van der Waals surface area contributed by atoms with Crippen LogP contribution in [0, 0.1) is 10.1 Å².